The summed E-state index contributed by atoms with van der Waals surface area (Å²) in [6.07, 6.45) is 0. The second-order valence-corrected chi connectivity index (χ2v) is 17.0. The van der Waals surface area contributed by atoms with Crippen molar-refractivity contribution in [2.24, 2.45) is 0 Å². The van der Waals surface area contributed by atoms with Gasteiger partial charge in [-0.15, -0.1) is 0 Å². The molecule has 9 aromatic carbocycles. The average molecular weight is 764 g/mol. The Bertz CT molecular complexity index is 3230. The first-order valence-electron chi connectivity index (χ1n) is 21.0. The molecule has 0 radical (unpaired) electrons. The average Bonchev–Trinajstić information content (AvgIpc) is 3.61. The molecule has 0 atom stereocenters. The van der Waals surface area contributed by atoms with E-state index in [0.29, 0.717) is 0 Å². The molecule has 2 aliphatic carbocycles. The van der Waals surface area contributed by atoms with Crippen molar-refractivity contribution in [3.8, 4) is 55.9 Å². The van der Waals surface area contributed by atoms with Gasteiger partial charge in [0.1, 0.15) is 0 Å². The fraction of sp³-hybridized carbons (Fsp3) is 0.0678. The van der Waals surface area contributed by atoms with Crippen LogP contribution >= 0.6 is 0 Å². The van der Waals surface area contributed by atoms with Crippen molar-refractivity contribution < 1.29 is 0 Å². The van der Waals surface area contributed by atoms with Crippen LogP contribution in [0.25, 0.3) is 77.4 Å². The minimum Gasteiger partial charge on any atom is -0.248 e. The first-order chi connectivity index (χ1) is 29.5. The summed E-state index contributed by atoms with van der Waals surface area (Å²) in [5.41, 5.74) is 18.9. The Morgan fingerprint density at radius 3 is 1.50 bits per heavy atom. The van der Waals surface area contributed by atoms with Crippen LogP contribution in [0, 0.1) is 0 Å². The van der Waals surface area contributed by atoms with E-state index in [1.807, 2.05) is 0 Å². The van der Waals surface area contributed by atoms with Gasteiger partial charge in [0.05, 0.1) is 16.8 Å². The van der Waals surface area contributed by atoms with Gasteiger partial charge >= 0.3 is 0 Å². The molecule has 282 valence electrons. The van der Waals surface area contributed by atoms with Crippen LogP contribution in [0.3, 0.4) is 0 Å². The van der Waals surface area contributed by atoms with Gasteiger partial charge in [-0.1, -0.05) is 202 Å². The first-order valence-corrected chi connectivity index (χ1v) is 21.0. The summed E-state index contributed by atoms with van der Waals surface area (Å²) in [5, 5.41) is 5.07. The zero-order valence-electron chi connectivity index (χ0n) is 33.7. The summed E-state index contributed by atoms with van der Waals surface area (Å²) in [4.78, 5) is 5.30. The molecule has 0 aliphatic heterocycles. The minimum absolute atomic E-state index is 0.174. The molecule has 0 N–H and O–H groups in total. The molecule has 1 spiro atoms. The van der Waals surface area contributed by atoms with Crippen LogP contribution in [-0.4, -0.2) is 4.98 Å². The topological polar surface area (TPSA) is 12.9 Å². The molecule has 0 unspecified atom stereocenters. The maximum absolute atomic E-state index is 5.30. The Morgan fingerprint density at radius 1 is 0.317 bits per heavy atom. The van der Waals surface area contributed by atoms with E-state index in [9.17, 15) is 0 Å². The second kappa shape index (κ2) is 13.1. The van der Waals surface area contributed by atoms with Crippen LogP contribution < -0.4 is 0 Å². The molecule has 0 bridgehead atoms. The monoisotopic (exact) mass is 763 g/mol. The van der Waals surface area contributed by atoms with E-state index < -0.39 is 5.41 Å². The molecular weight excluding hydrogens is 723 g/mol. The molecule has 0 fully saturated rings. The van der Waals surface area contributed by atoms with Crippen molar-refractivity contribution in [1.29, 1.82) is 0 Å². The molecule has 12 rings (SSSR count). The summed E-state index contributed by atoms with van der Waals surface area (Å²) < 4.78 is 0. The maximum atomic E-state index is 5.30. The van der Waals surface area contributed by atoms with Gasteiger partial charge in [-0.05, 0) is 113 Å². The molecule has 0 amide bonds. The van der Waals surface area contributed by atoms with E-state index in [2.05, 4.69) is 226 Å². The Labute approximate surface area is 351 Å². The van der Waals surface area contributed by atoms with Crippen LogP contribution in [0.15, 0.2) is 212 Å². The molecule has 10 aromatic rings. The Kier molecular flexibility index (Phi) is 7.56. The number of hydrogen-bond donors (Lipinski definition) is 0. The summed E-state index contributed by atoms with van der Waals surface area (Å²) in [7, 11) is 0. The minimum atomic E-state index is -0.515. The highest BCUT2D eigenvalue weighted by Gasteiger charge is 2.53. The molecule has 1 nitrogen and oxygen atoms in total. The molecule has 2 aliphatic rings. The zero-order chi connectivity index (χ0) is 40.0. The highest BCUT2D eigenvalue weighted by Crippen LogP contribution is 2.63. The normalized spacial score (nSPS) is 14.1. The van der Waals surface area contributed by atoms with E-state index in [0.717, 1.165) is 28.1 Å². The summed E-state index contributed by atoms with van der Waals surface area (Å²) >= 11 is 0. The van der Waals surface area contributed by atoms with E-state index in [4.69, 9.17) is 4.98 Å². The molecule has 1 heterocycles. The van der Waals surface area contributed by atoms with Crippen molar-refractivity contribution >= 4 is 21.5 Å². The fourth-order valence-electron chi connectivity index (χ4n) is 10.8. The predicted molar refractivity (Wildman–Crippen MR) is 250 cm³/mol. The smallest absolute Gasteiger partial charge is 0.0719 e. The van der Waals surface area contributed by atoms with Gasteiger partial charge in [-0.25, -0.2) is 4.98 Å². The highest BCUT2D eigenvalue weighted by molar-refractivity contribution is 6.09. The van der Waals surface area contributed by atoms with Crippen LogP contribution in [0.5, 0.6) is 0 Å². The predicted octanol–water partition coefficient (Wildman–Crippen LogP) is 15.1. The number of nitrogens with zero attached hydrogens (tertiary/aromatic N) is 1. The van der Waals surface area contributed by atoms with Crippen LogP contribution in [-0.2, 0) is 10.8 Å². The van der Waals surface area contributed by atoms with Gasteiger partial charge in [0.25, 0.3) is 0 Å². The lowest BCUT2D eigenvalue weighted by molar-refractivity contribution is 0.563. The van der Waals surface area contributed by atoms with Crippen LogP contribution in [0.1, 0.15) is 47.2 Å². The Hall–Kier alpha value is -7.35. The molecule has 1 heteroatoms. The van der Waals surface area contributed by atoms with Crippen molar-refractivity contribution in [2.75, 3.05) is 0 Å². The van der Waals surface area contributed by atoms with Gasteiger partial charge in [-0.3, -0.25) is 0 Å². The van der Waals surface area contributed by atoms with E-state index >= 15 is 0 Å². The fourth-order valence-corrected chi connectivity index (χ4v) is 10.8. The third kappa shape index (κ3) is 4.96. The van der Waals surface area contributed by atoms with Crippen molar-refractivity contribution in [1.82, 2.24) is 4.98 Å². The quantitative estimate of drug-likeness (QED) is 0.163. The van der Waals surface area contributed by atoms with E-state index in [1.165, 1.54) is 82.7 Å². The van der Waals surface area contributed by atoms with Crippen LogP contribution in [0.4, 0.5) is 0 Å². The number of benzene rings is 9. The first kappa shape index (κ1) is 34.7. The summed E-state index contributed by atoms with van der Waals surface area (Å²) in [5.74, 6) is 0. The zero-order valence-corrected chi connectivity index (χ0v) is 33.7. The van der Waals surface area contributed by atoms with Gasteiger partial charge in [0.15, 0.2) is 0 Å². The van der Waals surface area contributed by atoms with Crippen LogP contribution in [0.2, 0.25) is 0 Å². The third-order valence-electron chi connectivity index (χ3n) is 13.5. The van der Waals surface area contributed by atoms with Gasteiger partial charge in [0.2, 0.25) is 0 Å². The molecule has 0 saturated heterocycles. The summed E-state index contributed by atoms with van der Waals surface area (Å²) in [6, 6.07) is 78.8. The standard InChI is InChI=1S/C59H41N/c1-58(2)50-23-11-13-25-52(50)59(53-26-14-12-24-51(53)58)49-33-32-43(42-31-30-39-29-28-38-16-9-10-21-45(38)47(39)34-42)35-48(49)57-46(22-15-27-54(57)59)44-36-55(40-17-5-3-6-18-40)60-56(37-44)41-19-7-4-8-20-41/h3-37H,1-2H3. The lowest BCUT2D eigenvalue weighted by Crippen LogP contribution is -2.40. The van der Waals surface area contributed by atoms with E-state index in [-0.39, 0.29) is 5.41 Å². The Morgan fingerprint density at radius 2 is 0.833 bits per heavy atom. The maximum Gasteiger partial charge on any atom is 0.0719 e. The number of aromatic nitrogens is 1. The lowest BCUT2D eigenvalue weighted by Gasteiger charge is -2.46. The second-order valence-electron chi connectivity index (χ2n) is 17.0. The highest BCUT2D eigenvalue weighted by atomic mass is 14.7. The Balaban J connectivity index is 1.18. The van der Waals surface area contributed by atoms with Crippen molar-refractivity contribution in [2.45, 2.75) is 24.7 Å². The van der Waals surface area contributed by atoms with E-state index in [1.54, 1.807) is 0 Å². The number of pyridine rings is 1. The number of rotatable bonds is 4. The molecule has 60 heavy (non-hydrogen) atoms. The van der Waals surface area contributed by atoms with Crippen molar-refractivity contribution in [3.63, 3.8) is 0 Å². The van der Waals surface area contributed by atoms with Gasteiger partial charge in [-0.2, -0.15) is 0 Å². The number of fused-ring (bicyclic) bond motifs is 12. The molecule has 0 saturated carbocycles. The van der Waals surface area contributed by atoms with Gasteiger partial charge < -0.3 is 0 Å². The van der Waals surface area contributed by atoms with Gasteiger partial charge in [0, 0.05) is 16.5 Å². The largest absolute Gasteiger partial charge is 0.248 e. The van der Waals surface area contributed by atoms with Crippen molar-refractivity contribution in [3.05, 3.63) is 246 Å². The third-order valence-corrected chi connectivity index (χ3v) is 13.5. The lowest BCUT2D eigenvalue weighted by atomic mass is 9.55. The number of hydrogen-bond acceptors (Lipinski definition) is 1. The SMILES string of the molecule is CC1(C)c2ccccc2C2(c3ccc(-c4ccc5ccc6ccccc6c5c4)cc3-c3c(-c4cc(-c5ccccc5)nc(-c5ccccc5)c4)cccc32)c2ccccc21. The molecular formula is C59H41N. The summed E-state index contributed by atoms with van der Waals surface area (Å²) in [6.45, 7) is 4.79. The molecule has 1 aromatic heterocycles.